The van der Waals surface area contributed by atoms with Crippen molar-refractivity contribution in [3.63, 3.8) is 0 Å². The molecule has 2 aromatic carbocycles. The van der Waals surface area contributed by atoms with Gasteiger partial charge in [0.05, 0.1) is 20.1 Å². The molecule has 0 amide bonds. The first-order valence-corrected chi connectivity index (χ1v) is 16.5. The largest absolute Gasteiger partial charge is 0.119 e. The molecule has 36 heavy (non-hydrogen) atoms. The van der Waals surface area contributed by atoms with Crippen molar-refractivity contribution >= 4 is 93.5 Å². The van der Waals surface area contributed by atoms with E-state index in [1.54, 1.807) is 0 Å². The van der Waals surface area contributed by atoms with Crippen molar-refractivity contribution in [2.75, 3.05) is 0 Å². The molecular formula is C28H40Cl4S4. The zero-order valence-corrected chi connectivity index (χ0v) is 29.7. The Balaban J connectivity index is 0.000000537. The highest BCUT2D eigenvalue weighted by Crippen LogP contribution is 2.50. The molecule has 0 atom stereocenters. The van der Waals surface area contributed by atoms with E-state index in [1.807, 2.05) is 47.0 Å². The van der Waals surface area contributed by atoms with Crippen LogP contribution < -0.4 is 0 Å². The second-order valence-electron chi connectivity index (χ2n) is 12.3. The van der Waals surface area contributed by atoms with Crippen molar-refractivity contribution in [1.29, 1.82) is 0 Å². The Kier molecular flexibility index (Phi) is 13.2. The Labute approximate surface area is 257 Å². The van der Waals surface area contributed by atoms with Gasteiger partial charge in [-0.2, -0.15) is 0 Å². The first-order chi connectivity index (χ1) is 16.0. The SMILES string of the molecule is CC(C)(C)Sc1cc(SC(C)(C)C)c(SC(C)(C)C)cc1SC(C)(C)C.Clc1cc(Cl)c(Cl)cc1Cl. The second-order valence-corrected chi connectivity index (χ2v) is 21.4. The molecule has 0 aliphatic heterocycles. The van der Waals surface area contributed by atoms with Gasteiger partial charge in [0.2, 0.25) is 0 Å². The van der Waals surface area contributed by atoms with Gasteiger partial charge in [-0.3, -0.25) is 0 Å². The monoisotopic (exact) mass is 644 g/mol. The van der Waals surface area contributed by atoms with Gasteiger partial charge in [-0.15, -0.1) is 47.0 Å². The Morgan fingerprint density at radius 2 is 0.528 bits per heavy atom. The van der Waals surface area contributed by atoms with E-state index >= 15 is 0 Å². The molecule has 0 heterocycles. The third kappa shape index (κ3) is 14.4. The van der Waals surface area contributed by atoms with Crippen LogP contribution in [-0.4, -0.2) is 19.0 Å². The van der Waals surface area contributed by atoms with Crippen molar-refractivity contribution < 1.29 is 0 Å². The molecule has 0 saturated heterocycles. The molecule has 2 rings (SSSR count). The van der Waals surface area contributed by atoms with Crippen molar-refractivity contribution in [1.82, 2.24) is 0 Å². The predicted octanol–water partition coefficient (Wildman–Crippen LogP) is 13.5. The second kappa shape index (κ2) is 13.6. The van der Waals surface area contributed by atoms with Gasteiger partial charge in [0, 0.05) is 38.6 Å². The van der Waals surface area contributed by atoms with E-state index in [4.69, 9.17) is 46.4 Å². The van der Waals surface area contributed by atoms with Crippen LogP contribution in [0.4, 0.5) is 0 Å². The number of hydrogen-bond acceptors (Lipinski definition) is 4. The lowest BCUT2D eigenvalue weighted by Gasteiger charge is -2.28. The van der Waals surface area contributed by atoms with E-state index < -0.39 is 0 Å². The number of thioether (sulfide) groups is 4. The summed E-state index contributed by atoms with van der Waals surface area (Å²) in [6.45, 7) is 27.6. The van der Waals surface area contributed by atoms with Crippen LogP contribution in [0.15, 0.2) is 43.8 Å². The minimum absolute atomic E-state index is 0.204. The molecule has 0 N–H and O–H groups in total. The van der Waals surface area contributed by atoms with Crippen LogP contribution in [0.3, 0.4) is 0 Å². The van der Waals surface area contributed by atoms with E-state index in [1.165, 1.54) is 31.7 Å². The average molecular weight is 647 g/mol. The molecule has 0 bridgehead atoms. The molecule has 0 unspecified atom stereocenters. The van der Waals surface area contributed by atoms with Crippen LogP contribution in [-0.2, 0) is 0 Å². The smallest absolute Gasteiger partial charge is 0.0608 e. The van der Waals surface area contributed by atoms with E-state index in [2.05, 4.69) is 95.2 Å². The van der Waals surface area contributed by atoms with Gasteiger partial charge in [0.1, 0.15) is 0 Å². The Hall–Kier alpha value is 1.000. The molecule has 8 heteroatoms. The van der Waals surface area contributed by atoms with E-state index in [9.17, 15) is 0 Å². The van der Waals surface area contributed by atoms with Crippen molar-refractivity contribution in [2.24, 2.45) is 0 Å². The fourth-order valence-corrected chi connectivity index (χ4v) is 8.06. The first kappa shape index (κ1) is 35.0. The Morgan fingerprint density at radius 3 is 0.667 bits per heavy atom. The zero-order valence-electron chi connectivity index (χ0n) is 23.5. The molecule has 0 fully saturated rings. The average Bonchev–Trinajstić information content (AvgIpc) is 2.59. The third-order valence-corrected chi connectivity index (χ3v) is 10.0. The van der Waals surface area contributed by atoms with Gasteiger partial charge >= 0.3 is 0 Å². The molecule has 0 aliphatic rings. The molecular weight excluding hydrogens is 606 g/mol. The van der Waals surface area contributed by atoms with Gasteiger partial charge in [-0.05, 0) is 24.3 Å². The summed E-state index contributed by atoms with van der Waals surface area (Å²) in [6, 6.07) is 7.92. The minimum Gasteiger partial charge on any atom is -0.119 e. The number of hydrogen-bond donors (Lipinski definition) is 0. The first-order valence-electron chi connectivity index (χ1n) is 11.7. The molecule has 0 nitrogen and oxygen atoms in total. The van der Waals surface area contributed by atoms with E-state index in [0.717, 1.165) is 0 Å². The number of rotatable bonds is 4. The lowest BCUT2D eigenvalue weighted by atomic mass is 10.2. The van der Waals surface area contributed by atoms with Gasteiger partial charge in [-0.25, -0.2) is 0 Å². The van der Waals surface area contributed by atoms with Crippen LogP contribution in [0, 0.1) is 0 Å². The summed E-state index contributed by atoms with van der Waals surface area (Å²) < 4.78 is 0.816. The number of halogens is 4. The lowest BCUT2D eigenvalue weighted by Crippen LogP contribution is -2.12. The summed E-state index contributed by atoms with van der Waals surface area (Å²) in [5, 5.41) is 1.65. The van der Waals surface area contributed by atoms with Crippen molar-refractivity contribution in [3.05, 3.63) is 44.4 Å². The molecule has 204 valence electrons. The van der Waals surface area contributed by atoms with Gasteiger partial charge < -0.3 is 0 Å². The summed E-state index contributed by atoms with van der Waals surface area (Å²) in [4.78, 5) is 5.68. The van der Waals surface area contributed by atoms with Crippen LogP contribution in [0.2, 0.25) is 20.1 Å². The maximum absolute atomic E-state index is 5.61. The lowest BCUT2D eigenvalue weighted by molar-refractivity contribution is 0.786. The van der Waals surface area contributed by atoms with Gasteiger partial charge in [0.25, 0.3) is 0 Å². The predicted molar refractivity (Wildman–Crippen MR) is 175 cm³/mol. The minimum atomic E-state index is 0.204. The molecule has 0 radical (unpaired) electrons. The highest BCUT2D eigenvalue weighted by Gasteiger charge is 2.25. The summed E-state index contributed by atoms with van der Waals surface area (Å²) in [7, 11) is 0. The topological polar surface area (TPSA) is 0 Å². The summed E-state index contributed by atoms with van der Waals surface area (Å²) in [6.07, 6.45) is 0. The van der Waals surface area contributed by atoms with Crippen LogP contribution >= 0.6 is 93.5 Å². The van der Waals surface area contributed by atoms with Crippen LogP contribution in [0.1, 0.15) is 83.1 Å². The molecule has 0 saturated carbocycles. The highest BCUT2D eigenvalue weighted by molar-refractivity contribution is 8.04. The van der Waals surface area contributed by atoms with Crippen LogP contribution in [0.25, 0.3) is 0 Å². The Morgan fingerprint density at radius 1 is 0.361 bits per heavy atom. The maximum Gasteiger partial charge on any atom is 0.0608 e. The standard InChI is InChI=1S/C22H38S4.C6H2Cl4/c1-19(2,3)23-15-13-17(25-21(7,8)9)18(26-22(10,11)12)14-16(15)24-20(4,5)6;7-3-1-4(8)6(10)2-5(3)9/h13-14H,1-12H3;1-2H. The van der Waals surface area contributed by atoms with Crippen molar-refractivity contribution in [2.45, 2.75) is 122 Å². The third-order valence-electron chi connectivity index (χ3n) is 3.64. The fraction of sp³-hybridized carbons (Fsp3) is 0.571. The quantitative estimate of drug-likeness (QED) is 0.239. The zero-order chi connectivity index (χ0) is 28.3. The summed E-state index contributed by atoms with van der Waals surface area (Å²) in [5.41, 5.74) is 0. The molecule has 0 spiro atoms. The van der Waals surface area contributed by atoms with E-state index in [0.29, 0.717) is 20.1 Å². The fourth-order valence-electron chi connectivity index (χ4n) is 2.66. The van der Waals surface area contributed by atoms with Crippen LogP contribution in [0.5, 0.6) is 0 Å². The van der Waals surface area contributed by atoms with Gasteiger partial charge in [-0.1, -0.05) is 129 Å². The maximum atomic E-state index is 5.61. The molecule has 0 aliphatic carbocycles. The number of benzene rings is 2. The summed E-state index contributed by atoms with van der Waals surface area (Å²) >= 11 is 30.4. The highest BCUT2D eigenvalue weighted by atomic mass is 35.5. The molecule has 0 aromatic heterocycles. The van der Waals surface area contributed by atoms with Crippen molar-refractivity contribution in [3.8, 4) is 0 Å². The summed E-state index contributed by atoms with van der Waals surface area (Å²) in [5.74, 6) is 0. The van der Waals surface area contributed by atoms with E-state index in [-0.39, 0.29) is 19.0 Å². The normalized spacial score (nSPS) is 12.9. The van der Waals surface area contributed by atoms with Gasteiger partial charge in [0.15, 0.2) is 0 Å². The molecule has 2 aromatic rings. The Bertz CT molecular complexity index is 868.